The molecule has 0 aliphatic heterocycles. The number of hydrogen-bond donors (Lipinski definition) is 2. The van der Waals surface area contributed by atoms with Crippen molar-refractivity contribution in [3.63, 3.8) is 0 Å². The molecule has 12 heavy (non-hydrogen) atoms. The number of hydrogen-bond acceptors (Lipinski definition) is 5. The van der Waals surface area contributed by atoms with Crippen LogP contribution in [-0.2, 0) is 9.53 Å². The van der Waals surface area contributed by atoms with E-state index in [1.807, 2.05) is 6.07 Å². The molecule has 0 saturated carbocycles. The van der Waals surface area contributed by atoms with Gasteiger partial charge in [-0.3, -0.25) is 4.79 Å². The molecule has 0 radical (unpaired) electrons. The third kappa shape index (κ3) is 3.91. The summed E-state index contributed by atoms with van der Waals surface area (Å²) in [6.45, 7) is -0.159. The molecule has 1 atom stereocenters. The van der Waals surface area contributed by atoms with Gasteiger partial charge in [0.05, 0.1) is 18.6 Å². The first-order chi connectivity index (χ1) is 5.76. The summed E-state index contributed by atoms with van der Waals surface area (Å²) in [5.74, 6) is -1.09. The Kier molecular flexibility index (Phi) is 5.97. The van der Waals surface area contributed by atoms with Gasteiger partial charge in [-0.05, 0) is 0 Å². The SMILES string of the molecule is N#CCC(CN)C(=O)OCCO. The Morgan fingerprint density at radius 1 is 1.75 bits per heavy atom. The Hall–Kier alpha value is -1.12. The van der Waals surface area contributed by atoms with Gasteiger partial charge in [-0.2, -0.15) is 5.26 Å². The van der Waals surface area contributed by atoms with Crippen molar-refractivity contribution in [2.45, 2.75) is 6.42 Å². The van der Waals surface area contributed by atoms with Gasteiger partial charge in [-0.25, -0.2) is 0 Å². The van der Waals surface area contributed by atoms with Crippen molar-refractivity contribution < 1.29 is 14.6 Å². The lowest BCUT2D eigenvalue weighted by Gasteiger charge is -2.09. The number of nitrogens with zero attached hydrogens (tertiary/aromatic N) is 1. The summed E-state index contributed by atoms with van der Waals surface area (Å²) in [5.41, 5.74) is 5.22. The molecule has 5 heteroatoms. The van der Waals surface area contributed by atoms with Gasteiger partial charge in [0.15, 0.2) is 0 Å². The van der Waals surface area contributed by atoms with Crippen LogP contribution in [0.4, 0.5) is 0 Å². The van der Waals surface area contributed by atoms with Crippen molar-refractivity contribution in [1.82, 2.24) is 0 Å². The molecule has 0 rings (SSSR count). The number of nitriles is 1. The Morgan fingerprint density at radius 2 is 2.42 bits per heavy atom. The second-order valence-corrected chi connectivity index (χ2v) is 2.19. The number of aliphatic hydroxyl groups is 1. The van der Waals surface area contributed by atoms with Crippen LogP contribution in [0.3, 0.4) is 0 Å². The van der Waals surface area contributed by atoms with E-state index in [-0.39, 0.29) is 26.2 Å². The number of nitrogens with two attached hydrogens (primary N) is 1. The van der Waals surface area contributed by atoms with E-state index < -0.39 is 11.9 Å². The van der Waals surface area contributed by atoms with Crippen LogP contribution in [0.2, 0.25) is 0 Å². The summed E-state index contributed by atoms with van der Waals surface area (Å²) in [6, 6.07) is 1.83. The number of esters is 1. The molecule has 5 nitrogen and oxygen atoms in total. The lowest BCUT2D eigenvalue weighted by molar-refractivity contribution is -0.149. The molecular formula is C7H12N2O3. The Bertz CT molecular complexity index is 176. The minimum absolute atomic E-state index is 0.0409. The molecule has 0 aliphatic carbocycles. The van der Waals surface area contributed by atoms with E-state index in [1.54, 1.807) is 0 Å². The van der Waals surface area contributed by atoms with Crippen LogP contribution in [0, 0.1) is 17.2 Å². The molecule has 0 saturated heterocycles. The van der Waals surface area contributed by atoms with E-state index in [0.29, 0.717) is 0 Å². The molecule has 0 heterocycles. The van der Waals surface area contributed by atoms with Gasteiger partial charge in [0.25, 0.3) is 0 Å². The molecule has 0 aromatic carbocycles. The summed E-state index contributed by atoms with van der Waals surface area (Å²) in [6.07, 6.45) is 0.0563. The molecule has 68 valence electrons. The van der Waals surface area contributed by atoms with E-state index >= 15 is 0 Å². The van der Waals surface area contributed by atoms with Crippen LogP contribution in [0.5, 0.6) is 0 Å². The van der Waals surface area contributed by atoms with Gasteiger partial charge >= 0.3 is 5.97 Å². The van der Waals surface area contributed by atoms with Crippen molar-refractivity contribution in [2.24, 2.45) is 11.7 Å². The largest absolute Gasteiger partial charge is 0.463 e. The molecule has 0 fully saturated rings. The summed E-state index contributed by atoms with van der Waals surface area (Å²) in [5, 5.41) is 16.6. The van der Waals surface area contributed by atoms with Crippen molar-refractivity contribution in [1.29, 1.82) is 5.26 Å². The molecule has 0 spiro atoms. The van der Waals surface area contributed by atoms with Gasteiger partial charge < -0.3 is 15.6 Å². The third-order valence-electron chi connectivity index (χ3n) is 1.29. The van der Waals surface area contributed by atoms with Crippen molar-refractivity contribution in [3.05, 3.63) is 0 Å². The molecular weight excluding hydrogens is 160 g/mol. The number of ether oxygens (including phenoxy) is 1. The zero-order valence-electron chi connectivity index (χ0n) is 6.69. The standard InChI is InChI=1S/C7H12N2O3/c8-2-1-6(5-9)7(11)12-4-3-10/h6,10H,1,3-5,9H2. The quantitative estimate of drug-likeness (QED) is 0.519. The molecule has 1 unspecified atom stereocenters. The summed E-state index contributed by atoms with van der Waals surface area (Å²) < 4.78 is 4.58. The molecule has 0 bridgehead atoms. The highest BCUT2D eigenvalue weighted by atomic mass is 16.5. The van der Waals surface area contributed by atoms with Crippen LogP contribution in [0.1, 0.15) is 6.42 Å². The van der Waals surface area contributed by atoms with Crippen molar-refractivity contribution in [3.8, 4) is 6.07 Å². The van der Waals surface area contributed by atoms with Crippen LogP contribution in [0.15, 0.2) is 0 Å². The van der Waals surface area contributed by atoms with E-state index in [4.69, 9.17) is 16.1 Å². The first-order valence-corrected chi connectivity index (χ1v) is 3.60. The lowest BCUT2D eigenvalue weighted by Crippen LogP contribution is -2.26. The highest BCUT2D eigenvalue weighted by Gasteiger charge is 2.17. The topological polar surface area (TPSA) is 96.3 Å². The minimum atomic E-state index is -0.568. The van der Waals surface area contributed by atoms with Gasteiger partial charge in [0, 0.05) is 13.0 Å². The first-order valence-electron chi connectivity index (χ1n) is 3.60. The predicted molar refractivity (Wildman–Crippen MR) is 40.8 cm³/mol. The summed E-state index contributed by atoms with van der Waals surface area (Å²) >= 11 is 0. The van der Waals surface area contributed by atoms with E-state index in [9.17, 15) is 4.79 Å². The zero-order chi connectivity index (χ0) is 9.40. The summed E-state index contributed by atoms with van der Waals surface area (Å²) in [4.78, 5) is 11.0. The van der Waals surface area contributed by atoms with E-state index in [1.165, 1.54) is 0 Å². The molecule has 0 amide bonds. The monoisotopic (exact) mass is 172 g/mol. The molecule has 3 N–H and O–H groups in total. The number of carbonyl (C=O) groups is 1. The number of aliphatic hydroxyl groups excluding tert-OH is 1. The first kappa shape index (κ1) is 10.9. The maximum Gasteiger partial charge on any atom is 0.311 e. The summed E-state index contributed by atoms with van der Waals surface area (Å²) in [7, 11) is 0. The maximum absolute atomic E-state index is 11.0. The predicted octanol–water partition coefficient (Wildman–Crippen LogP) is -0.990. The minimum Gasteiger partial charge on any atom is -0.463 e. The van der Waals surface area contributed by atoms with Gasteiger partial charge in [0.1, 0.15) is 6.61 Å². The zero-order valence-corrected chi connectivity index (χ0v) is 6.69. The Morgan fingerprint density at radius 3 is 2.83 bits per heavy atom. The number of carbonyl (C=O) groups excluding carboxylic acids is 1. The van der Waals surface area contributed by atoms with Crippen LogP contribution in [-0.4, -0.2) is 30.8 Å². The van der Waals surface area contributed by atoms with E-state index in [2.05, 4.69) is 4.74 Å². The average molecular weight is 172 g/mol. The van der Waals surface area contributed by atoms with Crippen molar-refractivity contribution in [2.75, 3.05) is 19.8 Å². The Balaban J connectivity index is 3.79. The highest BCUT2D eigenvalue weighted by Crippen LogP contribution is 2.02. The Labute approximate surface area is 70.7 Å². The second-order valence-electron chi connectivity index (χ2n) is 2.19. The van der Waals surface area contributed by atoms with Crippen molar-refractivity contribution >= 4 is 5.97 Å². The lowest BCUT2D eigenvalue weighted by atomic mass is 10.1. The van der Waals surface area contributed by atoms with Crippen LogP contribution >= 0.6 is 0 Å². The number of rotatable bonds is 5. The molecule has 0 aliphatic rings. The fourth-order valence-electron chi connectivity index (χ4n) is 0.637. The van der Waals surface area contributed by atoms with Gasteiger partial charge in [0.2, 0.25) is 0 Å². The van der Waals surface area contributed by atoms with Crippen LogP contribution < -0.4 is 5.73 Å². The highest BCUT2D eigenvalue weighted by molar-refractivity contribution is 5.72. The third-order valence-corrected chi connectivity index (χ3v) is 1.29. The smallest absolute Gasteiger partial charge is 0.311 e. The van der Waals surface area contributed by atoms with Crippen LogP contribution in [0.25, 0.3) is 0 Å². The molecule has 0 aromatic rings. The fraction of sp³-hybridized carbons (Fsp3) is 0.714. The van der Waals surface area contributed by atoms with Gasteiger partial charge in [-0.15, -0.1) is 0 Å². The average Bonchev–Trinajstić information content (AvgIpc) is 2.10. The van der Waals surface area contributed by atoms with E-state index in [0.717, 1.165) is 0 Å². The normalized spacial score (nSPS) is 11.8. The van der Waals surface area contributed by atoms with Gasteiger partial charge in [-0.1, -0.05) is 0 Å². The maximum atomic E-state index is 11.0. The molecule has 0 aromatic heterocycles. The second kappa shape index (κ2) is 6.58. The fourth-order valence-corrected chi connectivity index (χ4v) is 0.637.